The lowest BCUT2D eigenvalue weighted by Gasteiger charge is -2.34. The molecule has 1 aliphatic rings. The molecule has 28 heavy (non-hydrogen) atoms. The molecule has 5 nitrogen and oxygen atoms in total. The maximum atomic E-state index is 12.8. The SMILES string of the molecule is O=C(c1ccc(OCc2cscn2)cc1)N1CCN(Cc2ccccc2)CC1. The van der Waals surface area contributed by atoms with Gasteiger partial charge in [0.05, 0.1) is 11.2 Å². The van der Waals surface area contributed by atoms with Crippen LogP contribution in [-0.4, -0.2) is 46.9 Å². The summed E-state index contributed by atoms with van der Waals surface area (Å²) >= 11 is 1.55. The molecule has 1 aliphatic heterocycles. The maximum absolute atomic E-state index is 12.8. The van der Waals surface area contributed by atoms with Crippen molar-refractivity contribution in [1.82, 2.24) is 14.8 Å². The number of carbonyl (C=O) groups excluding carboxylic acids is 1. The lowest BCUT2D eigenvalue weighted by atomic mass is 10.1. The summed E-state index contributed by atoms with van der Waals surface area (Å²) in [5, 5.41) is 1.97. The van der Waals surface area contributed by atoms with Gasteiger partial charge in [-0.15, -0.1) is 11.3 Å². The van der Waals surface area contributed by atoms with E-state index in [2.05, 4.69) is 34.1 Å². The second-order valence-electron chi connectivity index (χ2n) is 6.85. The second kappa shape index (κ2) is 8.99. The van der Waals surface area contributed by atoms with Crippen molar-refractivity contribution in [3.8, 4) is 5.75 Å². The lowest BCUT2D eigenvalue weighted by Crippen LogP contribution is -2.48. The molecule has 1 amide bonds. The number of piperazine rings is 1. The first-order chi connectivity index (χ1) is 13.8. The van der Waals surface area contributed by atoms with Gasteiger partial charge >= 0.3 is 0 Å². The quantitative estimate of drug-likeness (QED) is 0.641. The van der Waals surface area contributed by atoms with E-state index in [0.29, 0.717) is 12.2 Å². The van der Waals surface area contributed by atoms with Crippen LogP contribution in [0.1, 0.15) is 21.6 Å². The molecule has 0 N–H and O–H groups in total. The minimum Gasteiger partial charge on any atom is -0.487 e. The fraction of sp³-hybridized carbons (Fsp3) is 0.273. The summed E-state index contributed by atoms with van der Waals surface area (Å²) in [4.78, 5) is 21.3. The van der Waals surface area contributed by atoms with E-state index in [1.165, 1.54) is 5.56 Å². The van der Waals surface area contributed by atoms with E-state index in [1.54, 1.807) is 16.8 Å². The fourth-order valence-corrected chi connectivity index (χ4v) is 3.84. The van der Waals surface area contributed by atoms with Crippen LogP contribution >= 0.6 is 11.3 Å². The van der Waals surface area contributed by atoms with Crippen molar-refractivity contribution >= 4 is 17.2 Å². The van der Waals surface area contributed by atoms with Crippen LogP contribution in [0.3, 0.4) is 0 Å². The fourth-order valence-electron chi connectivity index (χ4n) is 3.29. The molecule has 0 saturated carbocycles. The Kier molecular flexibility index (Phi) is 5.99. The van der Waals surface area contributed by atoms with Crippen molar-refractivity contribution in [3.63, 3.8) is 0 Å². The number of thiazole rings is 1. The number of amides is 1. The smallest absolute Gasteiger partial charge is 0.253 e. The predicted octanol–water partition coefficient (Wildman–Crippen LogP) is 3.68. The summed E-state index contributed by atoms with van der Waals surface area (Å²) in [5.74, 6) is 0.836. The number of aromatic nitrogens is 1. The number of benzene rings is 2. The highest BCUT2D eigenvalue weighted by molar-refractivity contribution is 7.07. The van der Waals surface area contributed by atoms with Crippen LogP contribution in [-0.2, 0) is 13.2 Å². The van der Waals surface area contributed by atoms with Crippen LogP contribution in [0.5, 0.6) is 5.75 Å². The van der Waals surface area contributed by atoms with Gasteiger partial charge in [0.2, 0.25) is 0 Å². The summed E-state index contributed by atoms with van der Waals surface area (Å²) in [6.45, 7) is 4.69. The summed E-state index contributed by atoms with van der Waals surface area (Å²) in [7, 11) is 0. The third kappa shape index (κ3) is 4.77. The Hall–Kier alpha value is -2.70. The van der Waals surface area contributed by atoms with Crippen LogP contribution in [0, 0.1) is 0 Å². The molecule has 0 unspecified atom stereocenters. The van der Waals surface area contributed by atoms with Gasteiger partial charge in [-0.25, -0.2) is 4.98 Å². The molecule has 6 heteroatoms. The average Bonchev–Trinajstić information content (AvgIpc) is 3.27. The Morgan fingerprint density at radius 2 is 1.75 bits per heavy atom. The van der Waals surface area contributed by atoms with Gasteiger partial charge in [-0.1, -0.05) is 30.3 Å². The van der Waals surface area contributed by atoms with Crippen LogP contribution in [0.2, 0.25) is 0 Å². The second-order valence-corrected chi connectivity index (χ2v) is 7.57. The summed E-state index contributed by atoms with van der Waals surface area (Å²) in [6, 6.07) is 17.9. The Morgan fingerprint density at radius 3 is 2.43 bits per heavy atom. The summed E-state index contributed by atoms with van der Waals surface area (Å²) < 4.78 is 5.71. The zero-order valence-corrected chi connectivity index (χ0v) is 16.5. The van der Waals surface area contributed by atoms with Crippen molar-refractivity contribution < 1.29 is 9.53 Å². The van der Waals surface area contributed by atoms with E-state index in [4.69, 9.17) is 4.74 Å². The predicted molar refractivity (Wildman–Crippen MR) is 111 cm³/mol. The normalized spacial score (nSPS) is 14.8. The number of nitrogens with zero attached hydrogens (tertiary/aromatic N) is 3. The monoisotopic (exact) mass is 393 g/mol. The van der Waals surface area contributed by atoms with Crippen molar-refractivity contribution in [1.29, 1.82) is 0 Å². The molecular formula is C22H23N3O2S. The molecule has 0 aliphatic carbocycles. The van der Waals surface area contributed by atoms with Crippen molar-refractivity contribution in [2.24, 2.45) is 0 Å². The minimum absolute atomic E-state index is 0.0883. The molecule has 0 radical (unpaired) electrons. The standard InChI is InChI=1S/C22H23N3O2S/c26-22(19-6-8-21(9-7-19)27-15-20-16-28-17-23-20)25-12-10-24(11-13-25)14-18-4-2-1-3-5-18/h1-9,16-17H,10-15H2. The number of carbonyl (C=O) groups is 1. The first-order valence-corrected chi connectivity index (χ1v) is 10.4. The molecule has 3 aromatic rings. The molecule has 2 aromatic carbocycles. The highest BCUT2D eigenvalue weighted by Crippen LogP contribution is 2.17. The first-order valence-electron chi connectivity index (χ1n) is 9.43. The van der Waals surface area contributed by atoms with Gasteiger partial charge in [0.1, 0.15) is 12.4 Å². The summed E-state index contributed by atoms with van der Waals surface area (Å²) in [5.41, 5.74) is 4.73. The van der Waals surface area contributed by atoms with Gasteiger partial charge in [0, 0.05) is 43.7 Å². The van der Waals surface area contributed by atoms with E-state index in [1.807, 2.05) is 40.6 Å². The molecule has 1 aromatic heterocycles. The molecule has 0 atom stereocenters. The Bertz CT molecular complexity index is 874. The third-order valence-electron chi connectivity index (χ3n) is 4.88. The lowest BCUT2D eigenvalue weighted by molar-refractivity contribution is 0.0628. The van der Waals surface area contributed by atoms with Gasteiger partial charge in [0.15, 0.2) is 0 Å². The van der Waals surface area contributed by atoms with E-state index in [0.717, 1.165) is 44.2 Å². The zero-order valence-electron chi connectivity index (χ0n) is 15.7. The molecule has 1 saturated heterocycles. The topological polar surface area (TPSA) is 45.7 Å². The number of rotatable bonds is 6. The average molecular weight is 394 g/mol. The van der Waals surface area contributed by atoms with Gasteiger partial charge < -0.3 is 9.64 Å². The van der Waals surface area contributed by atoms with Crippen LogP contribution < -0.4 is 4.74 Å². The Labute approximate surface area is 169 Å². The largest absolute Gasteiger partial charge is 0.487 e. The van der Waals surface area contributed by atoms with E-state index in [-0.39, 0.29) is 5.91 Å². The van der Waals surface area contributed by atoms with Crippen LogP contribution in [0.15, 0.2) is 65.5 Å². The maximum Gasteiger partial charge on any atom is 0.253 e. The minimum atomic E-state index is 0.0883. The molecule has 0 spiro atoms. The van der Waals surface area contributed by atoms with Gasteiger partial charge in [0.25, 0.3) is 5.91 Å². The number of ether oxygens (including phenoxy) is 1. The molecule has 1 fully saturated rings. The highest BCUT2D eigenvalue weighted by atomic mass is 32.1. The highest BCUT2D eigenvalue weighted by Gasteiger charge is 2.22. The number of hydrogen-bond acceptors (Lipinski definition) is 5. The Morgan fingerprint density at radius 1 is 1.00 bits per heavy atom. The van der Waals surface area contributed by atoms with Gasteiger partial charge in [-0.2, -0.15) is 0 Å². The molecule has 4 rings (SSSR count). The number of hydrogen-bond donors (Lipinski definition) is 0. The zero-order chi connectivity index (χ0) is 19.2. The molecule has 2 heterocycles. The van der Waals surface area contributed by atoms with Crippen LogP contribution in [0.4, 0.5) is 0 Å². The Balaban J connectivity index is 1.27. The van der Waals surface area contributed by atoms with E-state index < -0.39 is 0 Å². The summed E-state index contributed by atoms with van der Waals surface area (Å²) in [6.07, 6.45) is 0. The van der Waals surface area contributed by atoms with Gasteiger partial charge in [-0.3, -0.25) is 9.69 Å². The van der Waals surface area contributed by atoms with Crippen LogP contribution in [0.25, 0.3) is 0 Å². The van der Waals surface area contributed by atoms with E-state index in [9.17, 15) is 4.79 Å². The van der Waals surface area contributed by atoms with Gasteiger partial charge in [-0.05, 0) is 29.8 Å². The van der Waals surface area contributed by atoms with Crippen molar-refractivity contribution in [3.05, 3.63) is 82.3 Å². The third-order valence-corrected chi connectivity index (χ3v) is 5.52. The molecular weight excluding hydrogens is 370 g/mol. The van der Waals surface area contributed by atoms with Crippen molar-refractivity contribution in [2.45, 2.75) is 13.2 Å². The first kappa shape index (κ1) is 18.7. The van der Waals surface area contributed by atoms with Crippen molar-refractivity contribution in [2.75, 3.05) is 26.2 Å². The molecule has 144 valence electrons. The van der Waals surface area contributed by atoms with E-state index >= 15 is 0 Å². The molecule has 0 bridgehead atoms.